The summed E-state index contributed by atoms with van der Waals surface area (Å²) in [5.41, 5.74) is 0.955. The summed E-state index contributed by atoms with van der Waals surface area (Å²) in [6.45, 7) is 2.10. The van der Waals surface area contributed by atoms with Gasteiger partial charge in [-0.15, -0.1) is 0 Å². The lowest BCUT2D eigenvalue weighted by Gasteiger charge is -2.25. The van der Waals surface area contributed by atoms with Crippen molar-refractivity contribution in [1.29, 1.82) is 0 Å². The summed E-state index contributed by atoms with van der Waals surface area (Å²) in [7, 11) is -3.79. The molecule has 0 heterocycles. The van der Waals surface area contributed by atoms with Gasteiger partial charge in [-0.2, -0.15) is 0 Å². The lowest BCUT2D eigenvalue weighted by atomic mass is 9.88. The van der Waals surface area contributed by atoms with E-state index in [4.69, 9.17) is 0 Å². The monoisotopic (exact) mass is 386 g/mol. The first kappa shape index (κ1) is 19.4. The van der Waals surface area contributed by atoms with E-state index in [1.165, 1.54) is 4.31 Å². The van der Waals surface area contributed by atoms with E-state index in [1.54, 1.807) is 43.3 Å². The fourth-order valence-electron chi connectivity index (χ4n) is 3.60. The van der Waals surface area contributed by atoms with Crippen molar-refractivity contribution in [1.82, 2.24) is 0 Å². The van der Waals surface area contributed by atoms with E-state index >= 15 is 0 Å². The maximum atomic E-state index is 13.3. The first-order valence-corrected chi connectivity index (χ1v) is 11.0. The van der Waals surface area contributed by atoms with Gasteiger partial charge in [-0.3, -0.25) is 9.10 Å². The van der Waals surface area contributed by atoms with Crippen molar-refractivity contribution in [3.8, 4) is 0 Å². The third kappa shape index (κ3) is 4.33. The number of benzene rings is 2. The Labute approximate surface area is 161 Å². The Kier molecular flexibility index (Phi) is 6.16. The fourth-order valence-corrected chi connectivity index (χ4v) is 5.22. The van der Waals surface area contributed by atoms with Gasteiger partial charge in [0.2, 0.25) is 5.91 Å². The molecule has 6 heteroatoms. The smallest absolute Gasteiger partial charge is 0.266 e. The van der Waals surface area contributed by atoms with Crippen molar-refractivity contribution in [3.63, 3.8) is 0 Å². The Morgan fingerprint density at radius 3 is 2.30 bits per heavy atom. The van der Waals surface area contributed by atoms with Gasteiger partial charge < -0.3 is 5.32 Å². The zero-order chi connectivity index (χ0) is 19.3. The lowest BCUT2D eigenvalue weighted by Crippen LogP contribution is -2.32. The standard InChI is InChI=1S/C21H26N2O3S/c1-2-23(18-13-7-4-8-14-18)27(25,26)20-16-10-9-15-19(20)22-21(24)17-11-5-3-6-12-17/h4,7-10,13-17H,2-3,5-6,11-12H2,1H3,(H,22,24). The second kappa shape index (κ2) is 8.57. The maximum Gasteiger partial charge on any atom is 0.266 e. The number of nitrogens with one attached hydrogen (secondary N) is 1. The highest BCUT2D eigenvalue weighted by molar-refractivity contribution is 7.93. The number of sulfonamides is 1. The van der Waals surface area contributed by atoms with E-state index in [9.17, 15) is 13.2 Å². The van der Waals surface area contributed by atoms with Crippen LogP contribution in [0.25, 0.3) is 0 Å². The van der Waals surface area contributed by atoms with Gasteiger partial charge in [-0.05, 0) is 44.0 Å². The third-order valence-corrected chi connectivity index (χ3v) is 6.98. The van der Waals surface area contributed by atoms with E-state index in [2.05, 4.69) is 5.32 Å². The second-order valence-corrected chi connectivity index (χ2v) is 8.66. The van der Waals surface area contributed by atoms with Gasteiger partial charge in [0, 0.05) is 12.5 Å². The Bertz CT molecular complexity index is 875. The van der Waals surface area contributed by atoms with Crippen LogP contribution in [-0.2, 0) is 14.8 Å². The van der Waals surface area contributed by atoms with Crippen LogP contribution < -0.4 is 9.62 Å². The normalized spacial score (nSPS) is 15.3. The molecule has 1 aliphatic carbocycles. The van der Waals surface area contributed by atoms with Gasteiger partial charge >= 0.3 is 0 Å². The van der Waals surface area contributed by atoms with Crippen molar-refractivity contribution in [2.75, 3.05) is 16.2 Å². The molecule has 1 fully saturated rings. The predicted molar refractivity (Wildman–Crippen MR) is 108 cm³/mol. The summed E-state index contributed by atoms with van der Waals surface area (Å²) in [5, 5.41) is 2.87. The van der Waals surface area contributed by atoms with Gasteiger partial charge in [-0.25, -0.2) is 8.42 Å². The highest BCUT2D eigenvalue weighted by Crippen LogP contribution is 2.30. The third-order valence-electron chi connectivity index (χ3n) is 5.02. The molecule has 0 aliphatic heterocycles. The Hall–Kier alpha value is -2.34. The van der Waals surface area contributed by atoms with Gasteiger partial charge in [0.1, 0.15) is 4.90 Å². The average molecular weight is 387 g/mol. The SMILES string of the molecule is CCN(c1ccccc1)S(=O)(=O)c1ccccc1NC(=O)C1CCCCC1. The molecule has 3 rings (SSSR count). The highest BCUT2D eigenvalue weighted by atomic mass is 32.2. The molecule has 1 N–H and O–H groups in total. The molecule has 1 saturated carbocycles. The summed E-state index contributed by atoms with van der Waals surface area (Å²) in [4.78, 5) is 12.8. The van der Waals surface area contributed by atoms with Crippen LogP contribution in [0, 0.1) is 5.92 Å². The minimum Gasteiger partial charge on any atom is -0.325 e. The van der Waals surface area contributed by atoms with E-state index in [0.29, 0.717) is 17.9 Å². The Morgan fingerprint density at radius 2 is 1.63 bits per heavy atom. The summed E-state index contributed by atoms with van der Waals surface area (Å²) < 4.78 is 28.0. The van der Waals surface area contributed by atoms with Crippen LogP contribution in [0.3, 0.4) is 0 Å². The van der Waals surface area contributed by atoms with Crippen LogP contribution in [0.4, 0.5) is 11.4 Å². The predicted octanol–water partition coefficient (Wildman–Crippen LogP) is 4.42. The number of anilines is 2. The van der Waals surface area contributed by atoms with Gasteiger partial charge in [-0.1, -0.05) is 49.6 Å². The van der Waals surface area contributed by atoms with E-state index in [-0.39, 0.29) is 16.7 Å². The van der Waals surface area contributed by atoms with Gasteiger partial charge in [0.15, 0.2) is 0 Å². The minimum absolute atomic E-state index is 0.0362. The summed E-state index contributed by atoms with van der Waals surface area (Å²) >= 11 is 0. The van der Waals surface area contributed by atoms with Crippen molar-refractivity contribution in [3.05, 3.63) is 54.6 Å². The Balaban J connectivity index is 1.91. The molecule has 1 amide bonds. The maximum absolute atomic E-state index is 13.3. The molecule has 2 aromatic rings. The van der Waals surface area contributed by atoms with Crippen molar-refractivity contribution in [2.45, 2.75) is 43.9 Å². The number of carbonyl (C=O) groups excluding carboxylic acids is 1. The molecular formula is C21H26N2O3S. The first-order valence-electron chi connectivity index (χ1n) is 9.51. The number of amides is 1. The zero-order valence-corrected chi connectivity index (χ0v) is 16.4. The second-order valence-electron chi connectivity index (χ2n) is 6.83. The molecular weight excluding hydrogens is 360 g/mol. The number of para-hydroxylation sites is 2. The van der Waals surface area contributed by atoms with Crippen LogP contribution in [-0.4, -0.2) is 20.9 Å². The molecule has 0 saturated heterocycles. The quantitative estimate of drug-likeness (QED) is 0.799. The fraction of sp³-hybridized carbons (Fsp3) is 0.381. The highest BCUT2D eigenvalue weighted by Gasteiger charge is 2.28. The molecule has 5 nitrogen and oxygen atoms in total. The molecule has 1 aliphatic rings. The van der Waals surface area contributed by atoms with Crippen LogP contribution in [0.2, 0.25) is 0 Å². The van der Waals surface area contributed by atoms with E-state index in [1.807, 2.05) is 18.2 Å². The van der Waals surface area contributed by atoms with Crippen molar-refractivity contribution < 1.29 is 13.2 Å². The first-order chi connectivity index (χ1) is 13.0. The average Bonchev–Trinajstić information content (AvgIpc) is 2.70. The largest absolute Gasteiger partial charge is 0.325 e. The number of hydrogen-bond acceptors (Lipinski definition) is 3. The van der Waals surface area contributed by atoms with Gasteiger partial charge in [0.05, 0.1) is 11.4 Å². The van der Waals surface area contributed by atoms with Crippen molar-refractivity contribution >= 4 is 27.3 Å². The van der Waals surface area contributed by atoms with Crippen LogP contribution >= 0.6 is 0 Å². The number of hydrogen-bond donors (Lipinski definition) is 1. The van der Waals surface area contributed by atoms with Gasteiger partial charge in [0.25, 0.3) is 10.0 Å². The number of nitrogens with zero attached hydrogens (tertiary/aromatic N) is 1. The molecule has 0 spiro atoms. The topological polar surface area (TPSA) is 66.5 Å². The molecule has 27 heavy (non-hydrogen) atoms. The van der Waals surface area contributed by atoms with Crippen LogP contribution in [0.1, 0.15) is 39.0 Å². The van der Waals surface area contributed by atoms with E-state index < -0.39 is 10.0 Å². The van der Waals surface area contributed by atoms with Crippen molar-refractivity contribution in [2.24, 2.45) is 5.92 Å². The molecule has 0 aromatic heterocycles. The number of carbonyl (C=O) groups is 1. The molecule has 2 aromatic carbocycles. The summed E-state index contributed by atoms with van der Waals surface area (Å²) in [6.07, 6.45) is 5.00. The van der Waals surface area contributed by atoms with Crippen LogP contribution in [0.5, 0.6) is 0 Å². The molecule has 0 radical (unpaired) electrons. The molecule has 0 bridgehead atoms. The van der Waals surface area contributed by atoms with E-state index in [0.717, 1.165) is 32.1 Å². The van der Waals surface area contributed by atoms with Crippen LogP contribution in [0.15, 0.2) is 59.5 Å². The zero-order valence-electron chi connectivity index (χ0n) is 15.6. The number of rotatable bonds is 6. The molecule has 0 atom stereocenters. The summed E-state index contributed by atoms with van der Waals surface area (Å²) in [6, 6.07) is 15.6. The Morgan fingerprint density at radius 1 is 1.00 bits per heavy atom. The lowest BCUT2D eigenvalue weighted by molar-refractivity contribution is -0.120. The molecule has 0 unspecified atom stereocenters. The minimum atomic E-state index is -3.79. The molecule has 144 valence electrons. The summed E-state index contributed by atoms with van der Waals surface area (Å²) in [5.74, 6) is -0.119.